The standard InChI is InChI=1S/C16H15FN2O5/c1-23-15-8-12(4-6-14(15)19(21)22)18-9-11-7-10(16(20)24-2)3-5-13(11)17/h3-8,18H,9H2,1-2H3. The van der Waals surface area contributed by atoms with Crippen molar-refractivity contribution in [3.8, 4) is 5.75 Å². The molecule has 0 heterocycles. The molecule has 126 valence electrons. The molecule has 0 spiro atoms. The van der Waals surface area contributed by atoms with E-state index in [1.165, 1.54) is 50.6 Å². The van der Waals surface area contributed by atoms with Crippen LogP contribution in [0.1, 0.15) is 15.9 Å². The summed E-state index contributed by atoms with van der Waals surface area (Å²) < 4.78 is 23.4. The lowest BCUT2D eigenvalue weighted by molar-refractivity contribution is -0.385. The van der Waals surface area contributed by atoms with Crippen LogP contribution in [0, 0.1) is 15.9 Å². The number of anilines is 1. The zero-order valence-corrected chi connectivity index (χ0v) is 13.0. The van der Waals surface area contributed by atoms with Crippen LogP contribution in [0.2, 0.25) is 0 Å². The molecule has 0 unspecified atom stereocenters. The molecule has 0 fully saturated rings. The van der Waals surface area contributed by atoms with Crippen LogP contribution in [-0.2, 0) is 11.3 Å². The Morgan fingerprint density at radius 1 is 1.25 bits per heavy atom. The van der Waals surface area contributed by atoms with Crippen LogP contribution < -0.4 is 10.1 Å². The number of halogens is 1. The van der Waals surface area contributed by atoms with Gasteiger partial charge in [-0.2, -0.15) is 0 Å². The third-order valence-corrected chi connectivity index (χ3v) is 3.33. The molecule has 24 heavy (non-hydrogen) atoms. The van der Waals surface area contributed by atoms with Crippen LogP contribution in [0.25, 0.3) is 0 Å². The Bertz CT molecular complexity index is 779. The number of carbonyl (C=O) groups is 1. The van der Waals surface area contributed by atoms with Crippen molar-refractivity contribution in [3.05, 3.63) is 63.5 Å². The smallest absolute Gasteiger partial charge is 0.337 e. The average molecular weight is 334 g/mol. The molecule has 2 aromatic rings. The highest BCUT2D eigenvalue weighted by Crippen LogP contribution is 2.30. The summed E-state index contributed by atoms with van der Waals surface area (Å²) in [5.74, 6) is -0.953. The summed E-state index contributed by atoms with van der Waals surface area (Å²) in [4.78, 5) is 21.8. The number of rotatable bonds is 6. The number of nitro groups is 1. The predicted octanol–water partition coefficient (Wildman–Crippen LogP) is 3.14. The molecule has 2 rings (SSSR count). The third kappa shape index (κ3) is 3.78. The van der Waals surface area contributed by atoms with E-state index in [9.17, 15) is 19.3 Å². The largest absolute Gasteiger partial charge is 0.490 e. The lowest BCUT2D eigenvalue weighted by atomic mass is 10.1. The Labute approximate surface area is 137 Å². The fraction of sp³-hybridized carbons (Fsp3) is 0.188. The van der Waals surface area contributed by atoms with Gasteiger partial charge in [-0.1, -0.05) is 0 Å². The van der Waals surface area contributed by atoms with E-state index in [4.69, 9.17) is 4.74 Å². The molecule has 0 aromatic heterocycles. The fourth-order valence-electron chi connectivity index (χ4n) is 2.09. The van der Waals surface area contributed by atoms with Gasteiger partial charge in [0.15, 0.2) is 5.75 Å². The molecule has 0 bridgehead atoms. The van der Waals surface area contributed by atoms with Crippen molar-refractivity contribution >= 4 is 17.3 Å². The maximum absolute atomic E-state index is 13.8. The second-order valence-electron chi connectivity index (χ2n) is 4.80. The van der Waals surface area contributed by atoms with Gasteiger partial charge in [0.25, 0.3) is 0 Å². The molecule has 0 aliphatic carbocycles. The van der Waals surface area contributed by atoms with Crippen LogP contribution in [0.5, 0.6) is 5.75 Å². The van der Waals surface area contributed by atoms with Gasteiger partial charge < -0.3 is 14.8 Å². The highest BCUT2D eigenvalue weighted by atomic mass is 19.1. The minimum atomic E-state index is -0.562. The minimum Gasteiger partial charge on any atom is -0.490 e. The molecule has 0 saturated carbocycles. The molecule has 8 heteroatoms. The highest BCUT2D eigenvalue weighted by Gasteiger charge is 2.15. The number of hydrogen-bond acceptors (Lipinski definition) is 6. The number of methoxy groups -OCH3 is 2. The minimum absolute atomic E-state index is 0.0810. The number of nitrogens with one attached hydrogen (secondary N) is 1. The van der Waals surface area contributed by atoms with Crippen LogP contribution in [0.15, 0.2) is 36.4 Å². The van der Waals surface area contributed by atoms with Crippen molar-refractivity contribution in [2.45, 2.75) is 6.54 Å². The highest BCUT2D eigenvalue weighted by molar-refractivity contribution is 5.89. The van der Waals surface area contributed by atoms with Gasteiger partial charge in [0.1, 0.15) is 5.82 Å². The van der Waals surface area contributed by atoms with Gasteiger partial charge >= 0.3 is 11.7 Å². The first-order valence-corrected chi connectivity index (χ1v) is 6.89. The maximum Gasteiger partial charge on any atom is 0.337 e. The number of ether oxygens (including phenoxy) is 2. The van der Waals surface area contributed by atoms with Gasteiger partial charge in [0, 0.05) is 29.9 Å². The molecule has 0 aliphatic rings. The predicted molar refractivity (Wildman–Crippen MR) is 84.7 cm³/mol. The summed E-state index contributed by atoms with van der Waals surface area (Å²) in [6.45, 7) is 0.0810. The summed E-state index contributed by atoms with van der Waals surface area (Å²) in [5, 5.41) is 13.8. The summed E-state index contributed by atoms with van der Waals surface area (Å²) in [6.07, 6.45) is 0. The van der Waals surface area contributed by atoms with Crippen molar-refractivity contribution in [1.82, 2.24) is 0 Å². The Kier molecular flexibility index (Phi) is 5.31. The maximum atomic E-state index is 13.8. The summed E-state index contributed by atoms with van der Waals surface area (Å²) in [6, 6.07) is 8.13. The lowest BCUT2D eigenvalue weighted by Gasteiger charge is -2.10. The zero-order chi connectivity index (χ0) is 17.7. The molecule has 0 atom stereocenters. The number of benzene rings is 2. The van der Waals surface area contributed by atoms with E-state index in [2.05, 4.69) is 10.1 Å². The normalized spacial score (nSPS) is 10.1. The lowest BCUT2D eigenvalue weighted by Crippen LogP contribution is -2.06. The Morgan fingerprint density at radius 3 is 2.62 bits per heavy atom. The van der Waals surface area contributed by atoms with E-state index < -0.39 is 16.7 Å². The van der Waals surface area contributed by atoms with E-state index in [1.54, 1.807) is 0 Å². The number of carbonyl (C=O) groups excluding carboxylic acids is 1. The van der Waals surface area contributed by atoms with E-state index in [-0.39, 0.29) is 29.1 Å². The van der Waals surface area contributed by atoms with Gasteiger partial charge in [-0.25, -0.2) is 9.18 Å². The molecule has 0 saturated heterocycles. The van der Waals surface area contributed by atoms with Crippen LogP contribution in [0.3, 0.4) is 0 Å². The van der Waals surface area contributed by atoms with E-state index >= 15 is 0 Å². The molecule has 0 aliphatic heterocycles. The molecule has 0 amide bonds. The number of hydrogen-bond donors (Lipinski definition) is 1. The van der Waals surface area contributed by atoms with Crippen molar-refractivity contribution in [2.75, 3.05) is 19.5 Å². The molecule has 7 nitrogen and oxygen atoms in total. The van der Waals surface area contributed by atoms with Crippen molar-refractivity contribution in [3.63, 3.8) is 0 Å². The zero-order valence-electron chi connectivity index (χ0n) is 13.0. The topological polar surface area (TPSA) is 90.7 Å². The van der Waals surface area contributed by atoms with Gasteiger partial charge in [-0.3, -0.25) is 10.1 Å². The number of nitrogens with zero attached hydrogens (tertiary/aromatic N) is 1. The fourth-order valence-corrected chi connectivity index (χ4v) is 2.09. The van der Waals surface area contributed by atoms with Gasteiger partial charge in [0.05, 0.1) is 24.7 Å². The number of nitro benzene ring substituents is 1. The molecule has 2 aromatic carbocycles. The quantitative estimate of drug-likeness (QED) is 0.496. The Morgan fingerprint density at radius 2 is 2.00 bits per heavy atom. The van der Waals surface area contributed by atoms with Crippen molar-refractivity contribution in [1.29, 1.82) is 0 Å². The third-order valence-electron chi connectivity index (χ3n) is 3.33. The monoisotopic (exact) mass is 334 g/mol. The average Bonchev–Trinajstić information content (AvgIpc) is 2.59. The molecule has 0 radical (unpaired) electrons. The summed E-state index contributed by atoms with van der Waals surface area (Å²) >= 11 is 0. The second kappa shape index (κ2) is 7.40. The molecular formula is C16H15FN2O5. The molecular weight excluding hydrogens is 319 g/mol. The first-order chi connectivity index (χ1) is 11.5. The van der Waals surface area contributed by atoms with Crippen molar-refractivity contribution in [2.24, 2.45) is 0 Å². The summed E-state index contributed by atoms with van der Waals surface area (Å²) in [7, 11) is 2.57. The number of esters is 1. The van der Waals surface area contributed by atoms with Crippen LogP contribution in [0.4, 0.5) is 15.8 Å². The second-order valence-corrected chi connectivity index (χ2v) is 4.80. The van der Waals surface area contributed by atoms with E-state index in [0.29, 0.717) is 5.69 Å². The van der Waals surface area contributed by atoms with Crippen LogP contribution >= 0.6 is 0 Å². The Hall–Kier alpha value is -3.16. The Balaban J connectivity index is 2.19. The van der Waals surface area contributed by atoms with Crippen molar-refractivity contribution < 1.29 is 23.6 Å². The first kappa shape index (κ1) is 17.2. The molecule has 1 N–H and O–H groups in total. The first-order valence-electron chi connectivity index (χ1n) is 6.89. The van der Waals surface area contributed by atoms with Gasteiger partial charge in [0.2, 0.25) is 0 Å². The van der Waals surface area contributed by atoms with Gasteiger partial charge in [-0.15, -0.1) is 0 Å². The van der Waals surface area contributed by atoms with Crippen LogP contribution in [-0.4, -0.2) is 25.1 Å². The van der Waals surface area contributed by atoms with E-state index in [0.717, 1.165) is 0 Å². The van der Waals surface area contributed by atoms with Gasteiger partial charge in [-0.05, 0) is 24.3 Å². The van der Waals surface area contributed by atoms with E-state index in [1.807, 2.05) is 0 Å². The summed E-state index contributed by atoms with van der Waals surface area (Å²) in [5.41, 5.74) is 0.842. The SMILES string of the molecule is COC(=O)c1ccc(F)c(CNc2ccc([N+](=O)[O-])c(OC)c2)c1.